The highest BCUT2D eigenvalue weighted by atomic mass is 16.5. The van der Waals surface area contributed by atoms with Crippen LogP contribution in [0.15, 0.2) is 84.9 Å². The predicted octanol–water partition coefficient (Wildman–Crippen LogP) is 5.03. The molecule has 144 valence electrons. The fourth-order valence-electron chi connectivity index (χ4n) is 2.91. The van der Waals surface area contributed by atoms with Gasteiger partial charge in [-0.1, -0.05) is 61.5 Å². The molecule has 0 spiro atoms. The second kappa shape index (κ2) is 10.2. The van der Waals surface area contributed by atoms with Crippen LogP contribution in [0.1, 0.15) is 35.3 Å². The van der Waals surface area contributed by atoms with Crippen molar-refractivity contribution >= 4 is 5.91 Å². The lowest BCUT2D eigenvalue weighted by atomic mass is 10.0. The second-order valence-corrected chi connectivity index (χ2v) is 6.38. The van der Waals surface area contributed by atoms with Crippen molar-refractivity contribution in [2.24, 2.45) is 0 Å². The first-order chi connectivity index (χ1) is 13.8. The lowest BCUT2D eigenvalue weighted by Crippen LogP contribution is -2.28. The van der Waals surface area contributed by atoms with Crippen molar-refractivity contribution in [3.8, 4) is 11.5 Å². The van der Waals surface area contributed by atoms with E-state index in [-0.39, 0.29) is 11.9 Å². The summed E-state index contributed by atoms with van der Waals surface area (Å²) in [6.07, 6.45) is 0.822. The lowest BCUT2D eigenvalue weighted by Gasteiger charge is -2.17. The zero-order chi connectivity index (χ0) is 19.6. The summed E-state index contributed by atoms with van der Waals surface area (Å²) >= 11 is 0. The maximum absolute atomic E-state index is 12.7. The third kappa shape index (κ3) is 5.61. The topological polar surface area (TPSA) is 47.6 Å². The van der Waals surface area contributed by atoms with Gasteiger partial charge < -0.3 is 14.8 Å². The molecule has 3 aromatic rings. The van der Waals surface area contributed by atoms with Gasteiger partial charge in [-0.25, -0.2) is 0 Å². The average Bonchev–Trinajstić information content (AvgIpc) is 2.76. The molecular weight excluding hydrogens is 350 g/mol. The maximum atomic E-state index is 12.7. The van der Waals surface area contributed by atoms with E-state index in [9.17, 15) is 4.79 Å². The van der Waals surface area contributed by atoms with Gasteiger partial charge in [-0.2, -0.15) is 0 Å². The minimum absolute atomic E-state index is 0.0162. The van der Waals surface area contributed by atoms with E-state index in [4.69, 9.17) is 9.47 Å². The van der Waals surface area contributed by atoms with Gasteiger partial charge in [-0.15, -0.1) is 0 Å². The number of nitrogens with one attached hydrogen (secondary N) is 1. The highest BCUT2D eigenvalue weighted by Gasteiger charge is 2.14. The Morgan fingerprint density at radius 1 is 0.821 bits per heavy atom. The van der Waals surface area contributed by atoms with E-state index >= 15 is 0 Å². The Hall–Kier alpha value is -3.27. The van der Waals surface area contributed by atoms with Gasteiger partial charge >= 0.3 is 0 Å². The molecule has 0 saturated carbocycles. The molecule has 0 saturated heterocycles. The largest absolute Gasteiger partial charge is 0.490 e. The first kappa shape index (κ1) is 19.5. The summed E-state index contributed by atoms with van der Waals surface area (Å²) in [7, 11) is 0. The minimum atomic E-state index is -0.110. The van der Waals surface area contributed by atoms with Crippen LogP contribution in [0, 0.1) is 0 Å². The average molecular weight is 375 g/mol. The quantitative estimate of drug-likeness (QED) is 0.534. The number of amides is 1. The molecule has 3 rings (SSSR count). The highest BCUT2D eigenvalue weighted by molar-refractivity contribution is 5.94. The molecule has 1 N–H and O–H groups in total. The molecule has 0 aromatic heterocycles. The van der Waals surface area contributed by atoms with Gasteiger partial charge in [0.2, 0.25) is 0 Å². The molecular formula is C24H25NO3. The van der Waals surface area contributed by atoms with Crippen LogP contribution in [0.25, 0.3) is 0 Å². The van der Waals surface area contributed by atoms with E-state index in [0.717, 1.165) is 17.7 Å². The van der Waals surface area contributed by atoms with E-state index in [2.05, 4.69) is 12.2 Å². The number of carbonyl (C=O) groups is 1. The Bertz CT molecular complexity index is 865. The first-order valence-corrected chi connectivity index (χ1v) is 9.53. The Morgan fingerprint density at radius 3 is 2.11 bits per heavy atom. The number of rotatable bonds is 9. The number of benzene rings is 3. The van der Waals surface area contributed by atoms with Crippen LogP contribution in [-0.2, 0) is 0 Å². The normalized spacial score (nSPS) is 11.5. The van der Waals surface area contributed by atoms with Crippen molar-refractivity contribution in [1.29, 1.82) is 0 Å². The molecule has 0 radical (unpaired) electrons. The first-order valence-electron chi connectivity index (χ1n) is 9.53. The van der Waals surface area contributed by atoms with Crippen LogP contribution in [0.2, 0.25) is 0 Å². The molecule has 0 aliphatic rings. The van der Waals surface area contributed by atoms with Crippen molar-refractivity contribution in [2.75, 3.05) is 13.2 Å². The van der Waals surface area contributed by atoms with Crippen LogP contribution in [0.5, 0.6) is 11.5 Å². The molecule has 0 heterocycles. The Balaban J connectivity index is 1.54. The van der Waals surface area contributed by atoms with Crippen LogP contribution in [0.4, 0.5) is 0 Å². The number of ether oxygens (including phenoxy) is 2. The maximum Gasteiger partial charge on any atom is 0.251 e. The van der Waals surface area contributed by atoms with Crippen LogP contribution in [-0.4, -0.2) is 19.1 Å². The summed E-state index contributed by atoms with van der Waals surface area (Å²) in [6, 6.07) is 26.8. The molecule has 0 aliphatic heterocycles. The standard InChI is InChI=1S/C24H25NO3/c1-2-23(19-10-5-3-6-11-19)25-24(26)20-12-9-15-22(18-20)28-17-16-27-21-13-7-4-8-14-21/h3-15,18,23H,2,16-17H2,1H3,(H,25,26). The van der Waals surface area contributed by atoms with E-state index in [1.807, 2.05) is 72.8 Å². The minimum Gasteiger partial charge on any atom is -0.490 e. The summed E-state index contributed by atoms with van der Waals surface area (Å²) < 4.78 is 11.3. The molecule has 1 atom stereocenters. The molecule has 28 heavy (non-hydrogen) atoms. The van der Waals surface area contributed by atoms with Crippen molar-refractivity contribution in [2.45, 2.75) is 19.4 Å². The predicted molar refractivity (Wildman–Crippen MR) is 111 cm³/mol. The van der Waals surface area contributed by atoms with E-state index in [1.54, 1.807) is 12.1 Å². The van der Waals surface area contributed by atoms with Crippen LogP contribution >= 0.6 is 0 Å². The molecule has 3 aromatic carbocycles. The SMILES string of the molecule is CCC(NC(=O)c1cccc(OCCOc2ccccc2)c1)c1ccccc1. The number of hydrogen-bond donors (Lipinski definition) is 1. The van der Waals surface area contributed by atoms with Crippen LogP contribution in [0.3, 0.4) is 0 Å². The van der Waals surface area contributed by atoms with Crippen molar-refractivity contribution < 1.29 is 14.3 Å². The molecule has 4 heteroatoms. The van der Waals surface area contributed by atoms with Gasteiger partial charge in [0.05, 0.1) is 6.04 Å². The summed E-state index contributed by atoms with van der Waals surface area (Å²) in [5.74, 6) is 1.35. The zero-order valence-electron chi connectivity index (χ0n) is 16.0. The summed E-state index contributed by atoms with van der Waals surface area (Å²) in [6.45, 7) is 2.90. The van der Waals surface area contributed by atoms with Crippen molar-refractivity contribution in [3.63, 3.8) is 0 Å². The smallest absolute Gasteiger partial charge is 0.251 e. The lowest BCUT2D eigenvalue weighted by molar-refractivity contribution is 0.0935. The number of carbonyl (C=O) groups excluding carboxylic acids is 1. The molecule has 1 unspecified atom stereocenters. The van der Waals surface area contributed by atoms with E-state index in [0.29, 0.717) is 24.5 Å². The Morgan fingerprint density at radius 2 is 1.43 bits per heavy atom. The third-order valence-electron chi connectivity index (χ3n) is 4.38. The highest BCUT2D eigenvalue weighted by Crippen LogP contribution is 2.18. The molecule has 4 nitrogen and oxygen atoms in total. The molecule has 0 fully saturated rings. The van der Waals surface area contributed by atoms with Gasteiger partial charge in [-0.3, -0.25) is 4.79 Å². The zero-order valence-corrected chi connectivity index (χ0v) is 16.0. The van der Waals surface area contributed by atoms with Gasteiger partial charge in [0, 0.05) is 5.56 Å². The van der Waals surface area contributed by atoms with Gasteiger partial charge in [-0.05, 0) is 42.3 Å². The fraction of sp³-hybridized carbons (Fsp3) is 0.208. The van der Waals surface area contributed by atoms with Gasteiger partial charge in [0.1, 0.15) is 24.7 Å². The second-order valence-electron chi connectivity index (χ2n) is 6.38. The van der Waals surface area contributed by atoms with E-state index in [1.165, 1.54) is 0 Å². The van der Waals surface area contributed by atoms with Crippen LogP contribution < -0.4 is 14.8 Å². The number of para-hydroxylation sites is 1. The third-order valence-corrected chi connectivity index (χ3v) is 4.38. The molecule has 0 aliphatic carbocycles. The Kier molecular flexibility index (Phi) is 7.08. The molecule has 1 amide bonds. The van der Waals surface area contributed by atoms with E-state index < -0.39 is 0 Å². The Labute approximate surface area is 166 Å². The number of hydrogen-bond acceptors (Lipinski definition) is 3. The van der Waals surface area contributed by atoms with Crippen molar-refractivity contribution in [1.82, 2.24) is 5.32 Å². The fourth-order valence-corrected chi connectivity index (χ4v) is 2.91. The monoisotopic (exact) mass is 375 g/mol. The summed E-state index contributed by atoms with van der Waals surface area (Å²) in [4.78, 5) is 12.7. The molecule has 0 bridgehead atoms. The summed E-state index contributed by atoms with van der Waals surface area (Å²) in [5.41, 5.74) is 1.68. The summed E-state index contributed by atoms with van der Waals surface area (Å²) in [5, 5.41) is 3.10. The van der Waals surface area contributed by atoms with Crippen molar-refractivity contribution in [3.05, 3.63) is 96.1 Å². The van der Waals surface area contributed by atoms with Gasteiger partial charge in [0.15, 0.2) is 0 Å². The van der Waals surface area contributed by atoms with Gasteiger partial charge in [0.25, 0.3) is 5.91 Å².